The van der Waals surface area contributed by atoms with Gasteiger partial charge >= 0.3 is 0 Å². The lowest BCUT2D eigenvalue weighted by Crippen LogP contribution is -2.41. The first-order valence-electron chi connectivity index (χ1n) is 11.8. The van der Waals surface area contributed by atoms with Crippen LogP contribution in [0.4, 0.5) is 0 Å². The summed E-state index contributed by atoms with van der Waals surface area (Å²) in [5.74, 6) is 1.90. The molecule has 1 fully saturated rings. The number of hydrogen-bond acceptors (Lipinski definition) is 3. The van der Waals surface area contributed by atoms with Crippen molar-refractivity contribution in [3.05, 3.63) is 58.9 Å². The van der Waals surface area contributed by atoms with Gasteiger partial charge in [0.1, 0.15) is 11.3 Å². The molecule has 0 aliphatic carbocycles. The Hall–Kier alpha value is -3.01. The number of allylic oxidation sites excluding steroid dienone is 1. The topological polar surface area (TPSA) is 42.7 Å². The van der Waals surface area contributed by atoms with E-state index < -0.39 is 0 Å². The minimum atomic E-state index is 0.0764. The van der Waals surface area contributed by atoms with Crippen LogP contribution in [0, 0.1) is 32.6 Å². The van der Waals surface area contributed by atoms with Gasteiger partial charge in [0.2, 0.25) is 5.91 Å². The summed E-state index contributed by atoms with van der Waals surface area (Å²) in [6.07, 6.45) is 4.78. The van der Waals surface area contributed by atoms with Crippen LogP contribution in [0.25, 0.3) is 27.7 Å². The lowest BCUT2D eigenvalue weighted by Gasteiger charge is -2.34. The van der Waals surface area contributed by atoms with Gasteiger partial charge in [0.15, 0.2) is 0 Å². The molecule has 1 aromatic heterocycles. The third-order valence-corrected chi connectivity index (χ3v) is 6.87. The highest BCUT2D eigenvalue weighted by Gasteiger charge is 2.25. The Morgan fingerprint density at radius 2 is 1.79 bits per heavy atom. The summed E-state index contributed by atoms with van der Waals surface area (Å²) in [4.78, 5) is 15.1. The molecule has 3 aromatic rings. The minimum absolute atomic E-state index is 0.0764. The summed E-state index contributed by atoms with van der Waals surface area (Å²) >= 11 is 0. The van der Waals surface area contributed by atoms with Gasteiger partial charge in [-0.3, -0.25) is 4.79 Å². The molecule has 2 atom stereocenters. The lowest BCUT2D eigenvalue weighted by atomic mass is 9.91. The van der Waals surface area contributed by atoms with Gasteiger partial charge in [0.05, 0.1) is 13.4 Å². The molecule has 1 amide bonds. The van der Waals surface area contributed by atoms with Crippen molar-refractivity contribution in [1.29, 1.82) is 0 Å². The van der Waals surface area contributed by atoms with Crippen LogP contribution in [0.2, 0.25) is 0 Å². The highest BCUT2D eigenvalue weighted by atomic mass is 16.5. The Kier molecular flexibility index (Phi) is 6.38. The fourth-order valence-electron chi connectivity index (χ4n) is 5.39. The molecular formula is C29H35NO3. The molecule has 1 aliphatic heterocycles. The van der Waals surface area contributed by atoms with Gasteiger partial charge in [-0.15, -0.1) is 0 Å². The van der Waals surface area contributed by atoms with Crippen molar-refractivity contribution in [2.24, 2.45) is 11.8 Å². The number of amides is 1. The molecule has 1 aliphatic rings. The molecule has 0 N–H and O–H groups in total. The van der Waals surface area contributed by atoms with Crippen molar-refractivity contribution in [1.82, 2.24) is 4.90 Å². The van der Waals surface area contributed by atoms with Gasteiger partial charge < -0.3 is 14.1 Å². The molecule has 2 heterocycles. The highest BCUT2D eigenvalue weighted by Crippen LogP contribution is 2.41. The standard InChI is InChI=1S/C29H35NO3/c1-17-8-9-23(20(4)11-17)26-16-33-29-22(6)28(32-7)24(13-25(26)29)21(5)12-27(31)30-14-18(2)10-19(3)15-30/h8-9,11-13,16,18-19H,10,14-15H2,1-7H3/b21-12+. The second kappa shape index (κ2) is 9.09. The van der Waals surface area contributed by atoms with Gasteiger partial charge in [-0.05, 0) is 68.7 Å². The molecule has 2 unspecified atom stereocenters. The zero-order valence-corrected chi connectivity index (χ0v) is 20.9. The maximum Gasteiger partial charge on any atom is 0.246 e. The summed E-state index contributed by atoms with van der Waals surface area (Å²) in [5, 5.41) is 1.04. The zero-order valence-electron chi connectivity index (χ0n) is 20.9. The van der Waals surface area contributed by atoms with Crippen molar-refractivity contribution in [2.45, 2.75) is 48.0 Å². The normalized spacial score (nSPS) is 19.2. The Labute approximate surface area is 197 Å². The number of fused-ring (bicyclic) bond motifs is 1. The van der Waals surface area contributed by atoms with Gasteiger partial charge in [-0.25, -0.2) is 0 Å². The average Bonchev–Trinajstić information content (AvgIpc) is 3.17. The summed E-state index contributed by atoms with van der Waals surface area (Å²) in [5.41, 5.74) is 8.27. The predicted molar refractivity (Wildman–Crippen MR) is 136 cm³/mol. The molecule has 0 radical (unpaired) electrons. The van der Waals surface area contributed by atoms with Crippen LogP contribution >= 0.6 is 0 Å². The van der Waals surface area contributed by atoms with Crippen LogP contribution in [-0.4, -0.2) is 31.0 Å². The van der Waals surface area contributed by atoms with E-state index in [0.29, 0.717) is 11.8 Å². The molecule has 4 rings (SSSR count). The van der Waals surface area contributed by atoms with Crippen molar-refractivity contribution < 1.29 is 13.9 Å². The third-order valence-electron chi connectivity index (χ3n) is 6.87. The first-order valence-corrected chi connectivity index (χ1v) is 11.8. The van der Waals surface area contributed by atoms with Crippen LogP contribution in [0.3, 0.4) is 0 Å². The molecule has 33 heavy (non-hydrogen) atoms. The second-order valence-corrected chi connectivity index (χ2v) is 9.94. The largest absolute Gasteiger partial charge is 0.496 e. The van der Waals surface area contributed by atoms with E-state index in [0.717, 1.165) is 57.6 Å². The first kappa shape index (κ1) is 23.2. The van der Waals surface area contributed by atoms with Gasteiger partial charge in [0.25, 0.3) is 0 Å². The molecule has 4 nitrogen and oxygen atoms in total. The Balaban J connectivity index is 1.79. The van der Waals surface area contributed by atoms with E-state index >= 15 is 0 Å². The predicted octanol–water partition coefficient (Wildman–Crippen LogP) is 6.94. The van der Waals surface area contributed by atoms with Gasteiger partial charge in [0, 0.05) is 41.2 Å². The molecule has 1 saturated heterocycles. The number of likely N-dealkylation sites (tertiary alicyclic amines) is 1. The van der Waals surface area contributed by atoms with Crippen molar-refractivity contribution >= 4 is 22.4 Å². The molecule has 174 valence electrons. The lowest BCUT2D eigenvalue weighted by molar-refractivity contribution is -0.128. The number of furan rings is 1. The highest BCUT2D eigenvalue weighted by molar-refractivity contribution is 6.02. The van der Waals surface area contributed by atoms with E-state index in [-0.39, 0.29) is 5.91 Å². The monoisotopic (exact) mass is 445 g/mol. The van der Waals surface area contributed by atoms with E-state index in [1.165, 1.54) is 17.5 Å². The number of aryl methyl sites for hydroxylation is 3. The van der Waals surface area contributed by atoms with Crippen LogP contribution in [-0.2, 0) is 4.79 Å². The summed E-state index contributed by atoms with van der Waals surface area (Å²) < 4.78 is 11.8. The van der Waals surface area contributed by atoms with Crippen molar-refractivity contribution in [2.75, 3.05) is 20.2 Å². The zero-order chi connectivity index (χ0) is 23.9. The number of carbonyl (C=O) groups excluding carboxylic acids is 1. The molecule has 2 aromatic carbocycles. The van der Waals surface area contributed by atoms with E-state index in [1.807, 2.05) is 25.0 Å². The summed E-state index contributed by atoms with van der Waals surface area (Å²) in [6, 6.07) is 8.58. The van der Waals surface area contributed by atoms with E-state index in [9.17, 15) is 4.79 Å². The number of carbonyl (C=O) groups is 1. The second-order valence-electron chi connectivity index (χ2n) is 9.94. The Morgan fingerprint density at radius 1 is 1.09 bits per heavy atom. The Bertz CT molecular complexity index is 1220. The van der Waals surface area contributed by atoms with Crippen molar-refractivity contribution in [3.8, 4) is 16.9 Å². The molecule has 0 bridgehead atoms. The smallest absolute Gasteiger partial charge is 0.246 e. The van der Waals surface area contributed by atoms with E-state index in [2.05, 4.69) is 52.0 Å². The summed E-state index contributed by atoms with van der Waals surface area (Å²) in [7, 11) is 1.68. The number of rotatable bonds is 4. The average molecular weight is 446 g/mol. The first-order chi connectivity index (χ1) is 15.7. The van der Waals surface area contributed by atoms with Crippen molar-refractivity contribution in [3.63, 3.8) is 0 Å². The SMILES string of the molecule is COc1c(/C(C)=C/C(=O)N2CC(C)CC(C)C2)cc2c(-c3ccc(C)cc3C)coc2c1C. The van der Waals surface area contributed by atoms with Crippen LogP contribution in [0.5, 0.6) is 5.75 Å². The number of piperidine rings is 1. The maximum absolute atomic E-state index is 13.1. The molecular weight excluding hydrogens is 410 g/mol. The summed E-state index contributed by atoms with van der Waals surface area (Å²) in [6.45, 7) is 14.3. The fraction of sp³-hybridized carbons (Fsp3) is 0.414. The maximum atomic E-state index is 13.1. The molecule has 4 heteroatoms. The number of hydrogen-bond donors (Lipinski definition) is 0. The van der Waals surface area contributed by atoms with Crippen LogP contribution in [0.15, 0.2) is 41.0 Å². The molecule has 0 saturated carbocycles. The number of nitrogens with zero attached hydrogens (tertiary/aromatic N) is 1. The third kappa shape index (κ3) is 4.44. The van der Waals surface area contributed by atoms with Crippen LogP contribution < -0.4 is 4.74 Å². The molecule has 0 spiro atoms. The Morgan fingerprint density at radius 3 is 2.42 bits per heavy atom. The van der Waals surface area contributed by atoms with E-state index in [1.54, 1.807) is 13.2 Å². The quantitative estimate of drug-likeness (QED) is 0.408. The van der Waals surface area contributed by atoms with Gasteiger partial charge in [-0.1, -0.05) is 37.6 Å². The number of methoxy groups -OCH3 is 1. The fourth-order valence-corrected chi connectivity index (χ4v) is 5.39. The number of ether oxygens (including phenoxy) is 1. The van der Waals surface area contributed by atoms with E-state index in [4.69, 9.17) is 9.15 Å². The van der Waals surface area contributed by atoms with Crippen LogP contribution in [0.1, 0.15) is 49.4 Å². The van der Waals surface area contributed by atoms with Gasteiger partial charge in [-0.2, -0.15) is 0 Å². The number of benzene rings is 2. The minimum Gasteiger partial charge on any atom is -0.496 e.